The summed E-state index contributed by atoms with van der Waals surface area (Å²) in [5, 5.41) is 8.64. The Morgan fingerprint density at radius 2 is 0.672 bits per heavy atom. The molecule has 0 aliphatic heterocycles. The van der Waals surface area contributed by atoms with Crippen molar-refractivity contribution in [2.24, 2.45) is 0 Å². The molecule has 0 aliphatic carbocycles. The van der Waals surface area contributed by atoms with Crippen LogP contribution in [0.4, 0.5) is 0 Å². The predicted octanol–water partition coefficient (Wildman–Crippen LogP) is 15.1. The molecule has 61 heavy (non-hydrogen) atoms. The maximum Gasteiger partial charge on any atom is 0.164 e. The molecular weight excluding hydrogens is 751 g/mol. The number of hydrogen-bond acceptors (Lipinski definition) is 6. The Morgan fingerprint density at radius 1 is 0.230 bits per heavy atom. The van der Waals surface area contributed by atoms with E-state index in [4.69, 9.17) is 28.2 Å². The van der Waals surface area contributed by atoms with Gasteiger partial charge in [-0.15, -0.1) is 0 Å². The van der Waals surface area contributed by atoms with Gasteiger partial charge in [-0.1, -0.05) is 109 Å². The van der Waals surface area contributed by atoms with Crippen LogP contribution in [-0.2, 0) is 0 Å². The molecule has 0 bridgehead atoms. The number of aromatic nitrogens is 3. The van der Waals surface area contributed by atoms with E-state index in [-0.39, 0.29) is 0 Å². The van der Waals surface area contributed by atoms with Crippen LogP contribution in [0.15, 0.2) is 201 Å². The lowest BCUT2D eigenvalue weighted by atomic mass is 9.99. The fourth-order valence-electron chi connectivity index (χ4n) is 8.81. The molecule has 0 fully saturated rings. The van der Waals surface area contributed by atoms with Gasteiger partial charge in [-0.05, 0) is 112 Å². The molecule has 9 aromatic carbocycles. The van der Waals surface area contributed by atoms with Crippen LogP contribution in [0.3, 0.4) is 0 Å². The highest BCUT2D eigenvalue weighted by Gasteiger charge is 2.17. The second-order valence-electron chi connectivity index (χ2n) is 15.6. The van der Waals surface area contributed by atoms with E-state index in [0.29, 0.717) is 17.5 Å². The van der Waals surface area contributed by atoms with Crippen molar-refractivity contribution in [3.8, 4) is 56.4 Å². The molecule has 0 unspecified atom stereocenters. The number of nitrogens with zero attached hydrogens (tertiary/aromatic N) is 3. The first-order valence-corrected chi connectivity index (χ1v) is 20.3. The number of hydrogen-bond donors (Lipinski definition) is 0. The highest BCUT2D eigenvalue weighted by Crippen LogP contribution is 2.38. The van der Waals surface area contributed by atoms with Crippen LogP contribution >= 0.6 is 0 Å². The van der Waals surface area contributed by atoms with Crippen molar-refractivity contribution in [2.75, 3.05) is 0 Å². The first-order chi connectivity index (χ1) is 30.1. The number of rotatable bonds is 5. The standard InChI is InChI=1S/C55H31N3O3/c1-2-8-32(9-3-1)33-14-16-34(17-15-33)53-56-54(38-21-24-49-44(28-38)41-10-4-6-12-47(41)59-49)58-55(57-53)39-22-25-50-45(29-39)43-23-20-37(30-51(43)61-50)35-18-19-36-27-46-42-11-5-7-13-48(42)60-52(46)31-40(36)26-35/h1-31H. The zero-order valence-corrected chi connectivity index (χ0v) is 32.5. The number of furan rings is 3. The van der Waals surface area contributed by atoms with E-state index in [1.807, 2.05) is 60.7 Å². The summed E-state index contributed by atoms with van der Waals surface area (Å²) in [6, 6.07) is 64.7. The van der Waals surface area contributed by atoms with Gasteiger partial charge in [-0.3, -0.25) is 0 Å². The summed E-state index contributed by atoms with van der Waals surface area (Å²) in [5.41, 5.74) is 12.2. The molecule has 0 radical (unpaired) electrons. The smallest absolute Gasteiger partial charge is 0.164 e. The van der Waals surface area contributed by atoms with Gasteiger partial charge in [-0.25, -0.2) is 15.0 Å². The van der Waals surface area contributed by atoms with Gasteiger partial charge in [0.1, 0.15) is 33.5 Å². The number of fused-ring (bicyclic) bond motifs is 10. The zero-order chi connectivity index (χ0) is 40.0. The molecule has 0 N–H and O–H groups in total. The molecule has 13 aromatic rings. The molecule has 0 amide bonds. The molecule has 13 rings (SSSR count). The fraction of sp³-hybridized carbons (Fsp3) is 0. The van der Waals surface area contributed by atoms with Gasteiger partial charge in [0.15, 0.2) is 17.5 Å². The largest absolute Gasteiger partial charge is 0.456 e. The van der Waals surface area contributed by atoms with Crippen LogP contribution in [0.5, 0.6) is 0 Å². The third-order valence-corrected chi connectivity index (χ3v) is 11.9. The second kappa shape index (κ2) is 13.1. The van der Waals surface area contributed by atoms with Crippen molar-refractivity contribution in [1.29, 1.82) is 0 Å². The normalized spacial score (nSPS) is 11.9. The monoisotopic (exact) mass is 781 g/mol. The Morgan fingerprint density at radius 3 is 1.34 bits per heavy atom. The van der Waals surface area contributed by atoms with E-state index >= 15 is 0 Å². The minimum atomic E-state index is 0.576. The summed E-state index contributed by atoms with van der Waals surface area (Å²) in [4.78, 5) is 15.3. The Kier molecular flexibility index (Phi) is 7.21. The van der Waals surface area contributed by atoms with Crippen LogP contribution in [0.25, 0.3) is 133 Å². The summed E-state index contributed by atoms with van der Waals surface area (Å²) in [7, 11) is 0. The molecule has 6 nitrogen and oxygen atoms in total. The SMILES string of the molecule is c1ccc(-c2ccc(-c3nc(-c4ccc5oc6ccccc6c5c4)nc(-c4ccc5oc6cc(-c7ccc8cc9c(cc8c7)oc7ccccc79)ccc6c5c4)n3)cc2)cc1. The van der Waals surface area contributed by atoms with E-state index in [2.05, 4.69) is 127 Å². The van der Waals surface area contributed by atoms with Gasteiger partial charge < -0.3 is 13.3 Å². The van der Waals surface area contributed by atoms with Crippen LogP contribution in [0.1, 0.15) is 0 Å². The van der Waals surface area contributed by atoms with Crippen LogP contribution in [0, 0.1) is 0 Å². The van der Waals surface area contributed by atoms with Crippen LogP contribution in [-0.4, -0.2) is 15.0 Å². The van der Waals surface area contributed by atoms with Gasteiger partial charge >= 0.3 is 0 Å². The molecule has 0 spiro atoms. The molecule has 0 saturated heterocycles. The quantitative estimate of drug-likeness (QED) is 0.173. The van der Waals surface area contributed by atoms with E-state index in [1.54, 1.807) is 0 Å². The topological polar surface area (TPSA) is 78.1 Å². The third kappa shape index (κ3) is 5.54. The summed E-state index contributed by atoms with van der Waals surface area (Å²) in [5.74, 6) is 1.75. The van der Waals surface area contributed by atoms with Crippen molar-refractivity contribution in [1.82, 2.24) is 15.0 Å². The lowest BCUT2D eigenvalue weighted by Crippen LogP contribution is -2.00. The lowest BCUT2D eigenvalue weighted by Gasteiger charge is -2.09. The minimum Gasteiger partial charge on any atom is -0.456 e. The summed E-state index contributed by atoms with van der Waals surface area (Å²) >= 11 is 0. The van der Waals surface area contributed by atoms with Crippen molar-refractivity contribution >= 4 is 76.6 Å². The molecule has 284 valence electrons. The summed E-state index contributed by atoms with van der Waals surface area (Å²) in [6.07, 6.45) is 0. The molecule has 4 aromatic heterocycles. The molecule has 0 aliphatic rings. The second-order valence-corrected chi connectivity index (χ2v) is 15.6. The zero-order valence-electron chi connectivity index (χ0n) is 32.5. The molecule has 6 heteroatoms. The number of benzene rings is 9. The maximum atomic E-state index is 6.51. The van der Waals surface area contributed by atoms with Gasteiger partial charge in [0.05, 0.1) is 0 Å². The third-order valence-electron chi connectivity index (χ3n) is 11.9. The van der Waals surface area contributed by atoms with E-state index in [0.717, 1.165) is 110 Å². The van der Waals surface area contributed by atoms with Crippen molar-refractivity contribution < 1.29 is 13.3 Å². The van der Waals surface area contributed by atoms with E-state index < -0.39 is 0 Å². The van der Waals surface area contributed by atoms with E-state index in [9.17, 15) is 0 Å². The average Bonchev–Trinajstić information content (AvgIpc) is 4.01. The fourth-order valence-corrected chi connectivity index (χ4v) is 8.81. The van der Waals surface area contributed by atoms with Crippen molar-refractivity contribution in [2.45, 2.75) is 0 Å². The van der Waals surface area contributed by atoms with Gasteiger partial charge in [-0.2, -0.15) is 0 Å². The van der Waals surface area contributed by atoms with Crippen molar-refractivity contribution in [3.63, 3.8) is 0 Å². The summed E-state index contributed by atoms with van der Waals surface area (Å²) in [6.45, 7) is 0. The lowest BCUT2D eigenvalue weighted by molar-refractivity contribution is 0.668. The van der Waals surface area contributed by atoms with Gasteiger partial charge in [0.2, 0.25) is 0 Å². The minimum absolute atomic E-state index is 0.576. The molecule has 0 saturated carbocycles. The predicted molar refractivity (Wildman–Crippen MR) is 246 cm³/mol. The molecule has 4 heterocycles. The first kappa shape index (κ1) is 33.6. The Hall–Kier alpha value is -8.35. The summed E-state index contributed by atoms with van der Waals surface area (Å²) < 4.78 is 18.9. The number of para-hydroxylation sites is 2. The Bertz CT molecular complexity index is 3880. The average molecular weight is 782 g/mol. The van der Waals surface area contributed by atoms with Gasteiger partial charge in [0, 0.05) is 49.0 Å². The van der Waals surface area contributed by atoms with Crippen LogP contribution in [0.2, 0.25) is 0 Å². The highest BCUT2D eigenvalue weighted by molar-refractivity contribution is 6.11. The molecular formula is C55H31N3O3. The van der Waals surface area contributed by atoms with E-state index in [1.165, 1.54) is 5.39 Å². The van der Waals surface area contributed by atoms with Gasteiger partial charge in [0.25, 0.3) is 0 Å². The highest BCUT2D eigenvalue weighted by atomic mass is 16.3. The first-order valence-electron chi connectivity index (χ1n) is 20.3. The van der Waals surface area contributed by atoms with Crippen molar-refractivity contribution in [3.05, 3.63) is 188 Å². The molecule has 0 atom stereocenters. The Labute approximate surface area is 348 Å². The van der Waals surface area contributed by atoms with Crippen LogP contribution < -0.4 is 0 Å². The maximum absolute atomic E-state index is 6.51. The Balaban J connectivity index is 0.908.